The van der Waals surface area contributed by atoms with Crippen LogP contribution in [0.15, 0.2) is 49.6 Å². The summed E-state index contributed by atoms with van der Waals surface area (Å²) < 4.78 is 13.8. The number of carbonyl (C=O) groups is 3. The SMILES string of the molecule is C=CCCC[C@H](CC(=O)O)C(=O)N[C@H](C(=O)N(C)CCCC=C)c1cccc(F)c1. The fraction of sp³-hybridized carbons (Fsp3) is 0.435. The molecule has 2 N–H and O–H groups in total. The van der Waals surface area contributed by atoms with Crippen LogP contribution in [0, 0.1) is 11.7 Å². The van der Waals surface area contributed by atoms with Gasteiger partial charge in [-0.15, -0.1) is 13.2 Å². The Kier molecular flexibility index (Phi) is 11.1. The Morgan fingerprint density at radius 3 is 2.47 bits per heavy atom. The summed E-state index contributed by atoms with van der Waals surface area (Å²) in [5, 5.41) is 11.8. The summed E-state index contributed by atoms with van der Waals surface area (Å²) in [6, 6.07) is 4.38. The molecule has 0 aliphatic carbocycles. The predicted octanol–water partition coefficient (Wildman–Crippen LogP) is 3.85. The van der Waals surface area contributed by atoms with Gasteiger partial charge in [-0.05, 0) is 49.8 Å². The molecule has 1 rings (SSSR count). The van der Waals surface area contributed by atoms with E-state index in [1.165, 1.54) is 23.1 Å². The Morgan fingerprint density at radius 2 is 1.87 bits per heavy atom. The molecule has 7 heteroatoms. The third-order valence-corrected chi connectivity index (χ3v) is 4.75. The van der Waals surface area contributed by atoms with Crippen molar-refractivity contribution in [3.05, 3.63) is 61.0 Å². The van der Waals surface area contributed by atoms with Gasteiger partial charge in [0.2, 0.25) is 11.8 Å². The van der Waals surface area contributed by atoms with E-state index in [1.54, 1.807) is 25.3 Å². The molecular formula is C23H31FN2O4. The zero-order valence-electron chi connectivity index (χ0n) is 17.5. The van der Waals surface area contributed by atoms with Gasteiger partial charge in [0.05, 0.1) is 6.42 Å². The van der Waals surface area contributed by atoms with Crippen LogP contribution in [-0.4, -0.2) is 41.4 Å². The molecule has 0 saturated carbocycles. The number of hydrogen-bond donors (Lipinski definition) is 2. The highest BCUT2D eigenvalue weighted by atomic mass is 19.1. The molecule has 0 spiro atoms. The summed E-state index contributed by atoms with van der Waals surface area (Å²) in [5.41, 5.74) is 0.309. The second-order valence-corrected chi connectivity index (χ2v) is 7.20. The molecule has 30 heavy (non-hydrogen) atoms. The van der Waals surface area contributed by atoms with Gasteiger partial charge in [-0.3, -0.25) is 14.4 Å². The van der Waals surface area contributed by atoms with Crippen LogP contribution in [0.25, 0.3) is 0 Å². The maximum Gasteiger partial charge on any atom is 0.304 e. The topological polar surface area (TPSA) is 86.7 Å². The second kappa shape index (κ2) is 13.3. The lowest BCUT2D eigenvalue weighted by Gasteiger charge is -2.26. The summed E-state index contributed by atoms with van der Waals surface area (Å²) in [6.07, 6.45) is 6.16. The maximum atomic E-state index is 13.8. The summed E-state index contributed by atoms with van der Waals surface area (Å²) in [7, 11) is 1.61. The predicted molar refractivity (Wildman–Crippen MR) is 114 cm³/mol. The monoisotopic (exact) mass is 418 g/mol. The fourth-order valence-corrected chi connectivity index (χ4v) is 3.08. The van der Waals surface area contributed by atoms with Crippen LogP contribution >= 0.6 is 0 Å². The molecule has 0 bridgehead atoms. The number of amides is 2. The summed E-state index contributed by atoms with van der Waals surface area (Å²) in [5.74, 6) is -3.34. The van der Waals surface area contributed by atoms with E-state index in [9.17, 15) is 18.8 Å². The van der Waals surface area contributed by atoms with Gasteiger partial charge < -0.3 is 15.3 Å². The van der Waals surface area contributed by atoms with Crippen molar-refractivity contribution in [1.82, 2.24) is 10.2 Å². The quantitative estimate of drug-likeness (QED) is 0.355. The number of nitrogens with one attached hydrogen (secondary N) is 1. The van der Waals surface area contributed by atoms with E-state index in [4.69, 9.17) is 5.11 Å². The van der Waals surface area contributed by atoms with Crippen molar-refractivity contribution in [2.75, 3.05) is 13.6 Å². The molecule has 0 heterocycles. The first-order valence-corrected chi connectivity index (χ1v) is 10.0. The van der Waals surface area contributed by atoms with E-state index in [0.29, 0.717) is 37.8 Å². The highest BCUT2D eigenvalue weighted by Gasteiger charge is 2.29. The third-order valence-electron chi connectivity index (χ3n) is 4.75. The zero-order valence-corrected chi connectivity index (χ0v) is 17.5. The molecule has 0 saturated heterocycles. The molecule has 0 fully saturated rings. The Balaban J connectivity index is 3.06. The van der Waals surface area contributed by atoms with Crippen LogP contribution in [0.4, 0.5) is 4.39 Å². The van der Waals surface area contributed by atoms with Crippen molar-refractivity contribution in [1.29, 1.82) is 0 Å². The molecule has 6 nitrogen and oxygen atoms in total. The Labute approximate surface area is 177 Å². The molecule has 164 valence electrons. The standard InChI is InChI=1S/C23H31FN2O4/c1-4-6-8-11-18(16-20(27)28)22(29)25-21(17-12-10-13-19(24)15-17)23(30)26(3)14-9-7-5-2/h4-5,10,12-13,15,18,21H,1-2,6-9,11,14,16H2,3H3,(H,25,29)(H,27,28)/t18-,21+/m1/s1. The third kappa shape index (κ3) is 8.59. The molecule has 1 aromatic carbocycles. The number of rotatable bonds is 14. The zero-order chi connectivity index (χ0) is 22.5. The highest BCUT2D eigenvalue weighted by Crippen LogP contribution is 2.20. The minimum atomic E-state index is -1.10. The maximum absolute atomic E-state index is 13.8. The number of aliphatic carboxylic acids is 1. The summed E-state index contributed by atoms with van der Waals surface area (Å²) >= 11 is 0. The first-order chi connectivity index (χ1) is 14.3. The number of unbranched alkanes of at least 4 members (excludes halogenated alkanes) is 2. The summed E-state index contributed by atoms with van der Waals surface area (Å²) in [4.78, 5) is 38.6. The van der Waals surface area contributed by atoms with Gasteiger partial charge in [0.15, 0.2) is 0 Å². The van der Waals surface area contributed by atoms with Crippen LogP contribution in [0.5, 0.6) is 0 Å². The van der Waals surface area contributed by atoms with Crippen molar-refractivity contribution in [2.45, 2.75) is 44.6 Å². The molecule has 0 unspecified atom stereocenters. The van der Waals surface area contributed by atoms with Crippen LogP contribution < -0.4 is 5.32 Å². The van der Waals surface area contributed by atoms with E-state index >= 15 is 0 Å². The largest absolute Gasteiger partial charge is 0.481 e. The van der Waals surface area contributed by atoms with Gasteiger partial charge >= 0.3 is 5.97 Å². The Bertz CT molecular complexity index is 750. The lowest BCUT2D eigenvalue weighted by molar-refractivity contribution is -0.142. The number of carboxylic acid groups (broad SMARTS) is 1. The molecule has 2 atom stereocenters. The van der Waals surface area contributed by atoms with Crippen molar-refractivity contribution < 1.29 is 23.9 Å². The van der Waals surface area contributed by atoms with Crippen molar-refractivity contribution in [3.63, 3.8) is 0 Å². The number of carbonyl (C=O) groups excluding carboxylic acids is 2. The van der Waals surface area contributed by atoms with Crippen LogP contribution in [0.2, 0.25) is 0 Å². The molecule has 0 aliphatic heterocycles. The van der Waals surface area contributed by atoms with Gasteiger partial charge in [0.1, 0.15) is 11.9 Å². The first-order valence-electron chi connectivity index (χ1n) is 10.0. The van der Waals surface area contributed by atoms with E-state index in [-0.39, 0.29) is 6.42 Å². The number of carboxylic acids is 1. The van der Waals surface area contributed by atoms with Crippen molar-refractivity contribution >= 4 is 17.8 Å². The molecular weight excluding hydrogens is 387 g/mol. The average Bonchev–Trinajstić information content (AvgIpc) is 2.70. The number of halogens is 1. The van der Waals surface area contributed by atoms with E-state index in [1.807, 2.05) is 0 Å². The van der Waals surface area contributed by atoms with Crippen molar-refractivity contribution in [3.8, 4) is 0 Å². The minimum Gasteiger partial charge on any atom is -0.481 e. The molecule has 1 aromatic rings. The van der Waals surface area contributed by atoms with Crippen LogP contribution in [-0.2, 0) is 14.4 Å². The minimum absolute atomic E-state index is 0.309. The number of benzene rings is 1. The number of allylic oxidation sites excluding steroid dienone is 2. The fourth-order valence-electron chi connectivity index (χ4n) is 3.08. The van der Waals surface area contributed by atoms with Crippen LogP contribution in [0.1, 0.15) is 50.1 Å². The van der Waals surface area contributed by atoms with E-state index in [0.717, 1.165) is 6.42 Å². The van der Waals surface area contributed by atoms with Gasteiger partial charge in [0.25, 0.3) is 0 Å². The lowest BCUT2D eigenvalue weighted by atomic mass is 9.96. The van der Waals surface area contributed by atoms with Gasteiger partial charge in [-0.2, -0.15) is 0 Å². The van der Waals surface area contributed by atoms with E-state index in [2.05, 4.69) is 18.5 Å². The average molecular weight is 419 g/mol. The first kappa shape index (κ1) is 25.1. The Morgan fingerprint density at radius 1 is 1.20 bits per heavy atom. The highest BCUT2D eigenvalue weighted by molar-refractivity contribution is 5.90. The normalized spacial score (nSPS) is 12.5. The number of likely N-dealkylation sites (N-methyl/N-ethyl adjacent to an activating group) is 1. The number of nitrogens with zero attached hydrogens (tertiary/aromatic N) is 1. The molecule has 0 aromatic heterocycles. The lowest BCUT2D eigenvalue weighted by Crippen LogP contribution is -2.44. The molecule has 0 aliphatic rings. The van der Waals surface area contributed by atoms with Crippen molar-refractivity contribution in [2.24, 2.45) is 5.92 Å². The Hall–Kier alpha value is -2.96. The molecule has 0 radical (unpaired) electrons. The smallest absolute Gasteiger partial charge is 0.304 e. The van der Waals surface area contributed by atoms with Crippen LogP contribution in [0.3, 0.4) is 0 Å². The number of hydrogen-bond acceptors (Lipinski definition) is 3. The van der Waals surface area contributed by atoms with Gasteiger partial charge in [-0.1, -0.05) is 24.3 Å². The second-order valence-electron chi connectivity index (χ2n) is 7.20. The summed E-state index contributed by atoms with van der Waals surface area (Å²) in [6.45, 7) is 7.72. The van der Waals surface area contributed by atoms with E-state index < -0.39 is 35.6 Å². The van der Waals surface area contributed by atoms with Gasteiger partial charge in [0, 0.05) is 19.5 Å². The van der Waals surface area contributed by atoms with Gasteiger partial charge in [-0.25, -0.2) is 4.39 Å². The molecule has 2 amide bonds.